The van der Waals surface area contributed by atoms with Crippen LogP contribution in [0, 0.1) is 0 Å². The SMILES string of the molecule is CC(=O)OC[C@@H](OC(C)=O)[C@H](OC(C)=O)[C@@H]1OC(=O)O[C@H]1C(=O)O. The number of esters is 3. The molecule has 0 amide bonds. The molecule has 11 heteroatoms. The van der Waals surface area contributed by atoms with E-state index >= 15 is 0 Å². The number of ether oxygens (including phenoxy) is 5. The van der Waals surface area contributed by atoms with Gasteiger partial charge in [-0.25, -0.2) is 9.59 Å². The molecule has 0 aromatic heterocycles. The van der Waals surface area contributed by atoms with E-state index in [9.17, 15) is 24.0 Å². The predicted molar refractivity (Wildman–Crippen MR) is 70.5 cm³/mol. The minimum Gasteiger partial charge on any atom is -0.478 e. The largest absolute Gasteiger partial charge is 0.509 e. The monoisotopic (exact) mass is 348 g/mol. The average Bonchev–Trinajstić information content (AvgIpc) is 2.82. The van der Waals surface area contributed by atoms with Crippen molar-refractivity contribution in [3.63, 3.8) is 0 Å². The molecule has 24 heavy (non-hydrogen) atoms. The van der Waals surface area contributed by atoms with E-state index in [1.165, 1.54) is 0 Å². The molecule has 0 bridgehead atoms. The lowest BCUT2D eigenvalue weighted by atomic mass is 10.0. The third-order valence-corrected chi connectivity index (χ3v) is 2.76. The second-order valence-corrected chi connectivity index (χ2v) is 4.73. The molecular formula is C13H16O11. The van der Waals surface area contributed by atoms with Gasteiger partial charge < -0.3 is 28.8 Å². The molecule has 1 aliphatic rings. The van der Waals surface area contributed by atoms with Crippen molar-refractivity contribution in [2.24, 2.45) is 0 Å². The Hall–Kier alpha value is -2.85. The summed E-state index contributed by atoms with van der Waals surface area (Å²) in [6.45, 7) is 2.59. The van der Waals surface area contributed by atoms with Crippen LogP contribution in [0.1, 0.15) is 20.8 Å². The standard InChI is InChI=1S/C13H16O11/c1-5(14)20-4-8(21-6(2)15)9(22-7(3)16)10-11(12(17)18)24-13(19)23-10/h8-11H,4H2,1-3H3,(H,17,18)/t8-,9+,10+,11-/m1/s1. The van der Waals surface area contributed by atoms with Crippen LogP contribution in [0.4, 0.5) is 4.79 Å². The van der Waals surface area contributed by atoms with Crippen molar-refractivity contribution in [1.29, 1.82) is 0 Å². The molecule has 0 aromatic carbocycles. The number of hydrogen-bond acceptors (Lipinski definition) is 10. The van der Waals surface area contributed by atoms with Crippen LogP contribution in [0.3, 0.4) is 0 Å². The van der Waals surface area contributed by atoms with Crippen molar-refractivity contribution < 1.29 is 52.8 Å². The summed E-state index contributed by atoms with van der Waals surface area (Å²) in [4.78, 5) is 55.9. The summed E-state index contributed by atoms with van der Waals surface area (Å²) in [6, 6.07) is 0. The number of cyclic esters (lactones) is 2. The highest BCUT2D eigenvalue weighted by Crippen LogP contribution is 2.24. The Kier molecular flexibility index (Phi) is 6.50. The summed E-state index contributed by atoms with van der Waals surface area (Å²) in [5.74, 6) is -3.96. The zero-order valence-corrected chi connectivity index (χ0v) is 13.0. The third-order valence-electron chi connectivity index (χ3n) is 2.76. The van der Waals surface area contributed by atoms with E-state index in [2.05, 4.69) is 4.74 Å². The molecule has 0 aromatic rings. The molecule has 0 aliphatic carbocycles. The summed E-state index contributed by atoms with van der Waals surface area (Å²) < 4.78 is 23.7. The molecule has 1 aliphatic heterocycles. The van der Waals surface area contributed by atoms with Crippen LogP contribution in [-0.2, 0) is 42.9 Å². The number of hydrogen-bond donors (Lipinski definition) is 1. The van der Waals surface area contributed by atoms with Crippen LogP contribution in [0.2, 0.25) is 0 Å². The van der Waals surface area contributed by atoms with Gasteiger partial charge in [0.2, 0.25) is 6.10 Å². The maximum absolute atomic E-state index is 11.3. The molecule has 0 unspecified atom stereocenters. The van der Waals surface area contributed by atoms with E-state index < -0.39 is 61.1 Å². The van der Waals surface area contributed by atoms with Gasteiger partial charge in [0.15, 0.2) is 18.3 Å². The second kappa shape index (κ2) is 8.13. The number of carboxylic acid groups (broad SMARTS) is 1. The van der Waals surface area contributed by atoms with Crippen LogP contribution in [0.5, 0.6) is 0 Å². The van der Waals surface area contributed by atoms with Crippen molar-refractivity contribution in [1.82, 2.24) is 0 Å². The van der Waals surface area contributed by atoms with Crippen molar-refractivity contribution in [2.45, 2.75) is 45.2 Å². The van der Waals surface area contributed by atoms with Gasteiger partial charge in [-0.3, -0.25) is 14.4 Å². The molecule has 134 valence electrons. The number of rotatable bonds is 7. The Morgan fingerprint density at radius 1 is 1.04 bits per heavy atom. The Morgan fingerprint density at radius 3 is 2.08 bits per heavy atom. The fourth-order valence-electron chi connectivity index (χ4n) is 1.96. The molecule has 1 N–H and O–H groups in total. The Morgan fingerprint density at radius 2 is 1.62 bits per heavy atom. The van der Waals surface area contributed by atoms with Crippen LogP contribution in [0.15, 0.2) is 0 Å². The maximum Gasteiger partial charge on any atom is 0.509 e. The first-order valence-electron chi connectivity index (χ1n) is 6.69. The van der Waals surface area contributed by atoms with Crippen molar-refractivity contribution in [3.8, 4) is 0 Å². The van der Waals surface area contributed by atoms with Crippen molar-refractivity contribution >= 4 is 30.0 Å². The zero-order chi connectivity index (χ0) is 18.4. The van der Waals surface area contributed by atoms with E-state index in [1.807, 2.05) is 0 Å². The van der Waals surface area contributed by atoms with Crippen molar-refractivity contribution in [2.75, 3.05) is 6.61 Å². The molecule has 1 fully saturated rings. The van der Waals surface area contributed by atoms with Gasteiger partial charge in [-0.05, 0) is 0 Å². The van der Waals surface area contributed by atoms with Crippen molar-refractivity contribution in [3.05, 3.63) is 0 Å². The fourth-order valence-corrected chi connectivity index (χ4v) is 1.96. The summed E-state index contributed by atoms with van der Waals surface area (Å²) >= 11 is 0. The van der Waals surface area contributed by atoms with Gasteiger partial charge in [0.25, 0.3) is 0 Å². The number of aliphatic carboxylic acids is 1. The van der Waals surface area contributed by atoms with E-state index in [-0.39, 0.29) is 0 Å². The zero-order valence-electron chi connectivity index (χ0n) is 13.0. The minimum atomic E-state index is -1.79. The number of carbonyl (C=O) groups is 5. The van der Waals surface area contributed by atoms with E-state index in [0.717, 1.165) is 20.8 Å². The normalized spacial score (nSPS) is 21.7. The highest BCUT2D eigenvalue weighted by atomic mass is 16.8. The topological polar surface area (TPSA) is 152 Å². The molecule has 1 saturated heterocycles. The quantitative estimate of drug-likeness (QED) is 0.463. The highest BCUT2D eigenvalue weighted by Gasteiger charge is 2.51. The maximum atomic E-state index is 11.3. The number of carboxylic acids is 1. The van der Waals surface area contributed by atoms with Gasteiger partial charge in [0.05, 0.1) is 0 Å². The predicted octanol–water partition coefficient (Wildman–Crippen LogP) is -0.598. The molecule has 1 rings (SSSR count). The Bertz CT molecular complexity index is 540. The van der Waals surface area contributed by atoms with Crippen LogP contribution in [-0.4, -0.2) is 66.2 Å². The fraction of sp³-hybridized carbons (Fsp3) is 0.615. The number of carbonyl (C=O) groups excluding carboxylic acids is 4. The first-order valence-corrected chi connectivity index (χ1v) is 6.69. The van der Waals surface area contributed by atoms with Crippen LogP contribution in [0.25, 0.3) is 0 Å². The lowest BCUT2D eigenvalue weighted by Crippen LogP contribution is -2.51. The molecule has 0 saturated carbocycles. The van der Waals surface area contributed by atoms with E-state index in [1.54, 1.807) is 0 Å². The first-order chi connectivity index (χ1) is 11.1. The van der Waals surface area contributed by atoms with Gasteiger partial charge in [0.1, 0.15) is 6.61 Å². The lowest BCUT2D eigenvalue weighted by Gasteiger charge is -2.29. The molecule has 0 spiro atoms. The molecule has 1 heterocycles. The third kappa shape index (κ3) is 5.41. The van der Waals surface area contributed by atoms with Gasteiger partial charge in [-0.2, -0.15) is 0 Å². The molecular weight excluding hydrogens is 332 g/mol. The Labute approximate surface area is 135 Å². The van der Waals surface area contributed by atoms with E-state index in [4.69, 9.17) is 24.1 Å². The smallest absolute Gasteiger partial charge is 0.478 e. The Balaban J connectivity index is 3.11. The molecule has 4 atom stereocenters. The van der Waals surface area contributed by atoms with E-state index in [0.29, 0.717) is 0 Å². The van der Waals surface area contributed by atoms with Gasteiger partial charge in [-0.1, -0.05) is 0 Å². The van der Waals surface area contributed by atoms with Crippen LogP contribution >= 0.6 is 0 Å². The summed E-state index contributed by atoms with van der Waals surface area (Å²) in [5.41, 5.74) is 0. The first kappa shape index (κ1) is 19.2. The summed E-state index contributed by atoms with van der Waals surface area (Å²) in [5, 5.41) is 9.08. The summed E-state index contributed by atoms with van der Waals surface area (Å²) in [7, 11) is 0. The average molecular weight is 348 g/mol. The lowest BCUT2D eigenvalue weighted by molar-refractivity contribution is -0.184. The second-order valence-electron chi connectivity index (χ2n) is 4.73. The molecule has 11 nitrogen and oxygen atoms in total. The molecule has 0 radical (unpaired) electrons. The van der Waals surface area contributed by atoms with Gasteiger partial charge in [0, 0.05) is 20.8 Å². The minimum absolute atomic E-state index is 0.548. The van der Waals surface area contributed by atoms with Crippen LogP contribution < -0.4 is 0 Å². The summed E-state index contributed by atoms with van der Waals surface area (Å²) in [6.07, 6.45) is -7.65. The highest BCUT2D eigenvalue weighted by molar-refractivity contribution is 5.79. The van der Waals surface area contributed by atoms with Gasteiger partial charge >= 0.3 is 30.0 Å². The van der Waals surface area contributed by atoms with Gasteiger partial charge in [-0.15, -0.1) is 0 Å².